The molecule has 4 nitrogen and oxygen atoms in total. The molecule has 1 N–H and O–H groups in total. The van der Waals surface area contributed by atoms with Crippen molar-refractivity contribution in [3.63, 3.8) is 0 Å². The van der Waals surface area contributed by atoms with Gasteiger partial charge in [-0.15, -0.1) is 5.10 Å². The van der Waals surface area contributed by atoms with Gasteiger partial charge in [0.15, 0.2) is 11.6 Å². The molecule has 0 amide bonds. The van der Waals surface area contributed by atoms with E-state index in [4.69, 9.17) is 0 Å². The van der Waals surface area contributed by atoms with E-state index in [1.807, 2.05) is 0 Å². The Balaban J connectivity index is 2.24. The number of halogens is 3. The average molecular weight is 318 g/mol. The van der Waals surface area contributed by atoms with Gasteiger partial charge in [-0.25, -0.2) is 8.78 Å². The minimum atomic E-state index is -1.01. The Morgan fingerprint density at radius 3 is 2.78 bits per heavy atom. The van der Waals surface area contributed by atoms with E-state index in [1.165, 1.54) is 10.7 Å². The monoisotopic (exact) mass is 317 g/mol. The Kier molecular flexibility index (Phi) is 3.72. The summed E-state index contributed by atoms with van der Waals surface area (Å²) in [7, 11) is 1.70. The van der Waals surface area contributed by atoms with Crippen LogP contribution in [-0.4, -0.2) is 20.1 Å². The summed E-state index contributed by atoms with van der Waals surface area (Å²) in [5.41, 5.74) is 0.848. The molecule has 0 aliphatic rings. The van der Waals surface area contributed by atoms with Crippen LogP contribution in [0.15, 0.2) is 22.8 Å². The molecule has 1 aromatic carbocycles. The topological polar surface area (TPSA) is 50.9 Å². The normalized spacial score (nSPS) is 12.7. The van der Waals surface area contributed by atoms with E-state index in [0.29, 0.717) is 5.69 Å². The predicted octanol–water partition coefficient (Wildman–Crippen LogP) is 2.13. The van der Waals surface area contributed by atoms with Crippen LogP contribution >= 0.6 is 15.9 Å². The molecular weight excluding hydrogens is 308 g/mol. The second-order valence-corrected chi connectivity index (χ2v) is 4.66. The lowest BCUT2D eigenvalue weighted by atomic mass is 10.1. The molecule has 0 bridgehead atoms. The zero-order valence-electron chi connectivity index (χ0n) is 9.44. The molecule has 2 aromatic rings. The SMILES string of the molecule is Cn1cc(CC(O)c2ccc(F)c(F)c2Br)nn1. The number of benzene rings is 1. The van der Waals surface area contributed by atoms with Gasteiger partial charge in [0.2, 0.25) is 0 Å². The van der Waals surface area contributed by atoms with Crippen LogP contribution in [0.3, 0.4) is 0 Å². The Hall–Kier alpha value is -1.34. The first-order valence-electron chi connectivity index (χ1n) is 5.15. The fourth-order valence-electron chi connectivity index (χ4n) is 1.60. The minimum absolute atomic E-state index is 0.0705. The molecule has 0 aliphatic carbocycles. The van der Waals surface area contributed by atoms with Gasteiger partial charge in [0, 0.05) is 19.7 Å². The highest BCUT2D eigenvalue weighted by Gasteiger charge is 2.18. The third kappa shape index (κ3) is 2.56. The van der Waals surface area contributed by atoms with Crippen molar-refractivity contribution in [2.75, 3.05) is 0 Å². The molecule has 0 fully saturated rings. The Bertz CT molecular complexity index is 573. The van der Waals surface area contributed by atoms with Gasteiger partial charge in [0.1, 0.15) is 0 Å². The zero-order chi connectivity index (χ0) is 13.3. The first-order valence-corrected chi connectivity index (χ1v) is 5.95. The largest absolute Gasteiger partial charge is 0.388 e. The van der Waals surface area contributed by atoms with E-state index >= 15 is 0 Å². The highest BCUT2D eigenvalue weighted by atomic mass is 79.9. The summed E-state index contributed by atoms with van der Waals surface area (Å²) < 4.78 is 27.7. The van der Waals surface area contributed by atoms with Crippen LogP contribution < -0.4 is 0 Å². The molecule has 1 aromatic heterocycles. The van der Waals surface area contributed by atoms with Crippen LogP contribution in [0.5, 0.6) is 0 Å². The van der Waals surface area contributed by atoms with E-state index in [-0.39, 0.29) is 16.5 Å². The molecule has 7 heteroatoms. The fourth-order valence-corrected chi connectivity index (χ4v) is 2.18. The molecular formula is C11H10BrF2N3O. The first kappa shape index (κ1) is 13.1. The maximum Gasteiger partial charge on any atom is 0.173 e. The van der Waals surface area contributed by atoms with E-state index in [9.17, 15) is 13.9 Å². The number of aryl methyl sites for hydroxylation is 1. The third-order valence-electron chi connectivity index (χ3n) is 2.48. The molecule has 0 aliphatic heterocycles. The van der Waals surface area contributed by atoms with Crippen molar-refractivity contribution in [3.05, 3.63) is 45.7 Å². The van der Waals surface area contributed by atoms with Crippen LogP contribution in [0.2, 0.25) is 0 Å². The van der Waals surface area contributed by atoms with Crippen LogP contribution in [0.1, 0.15) is 17.4 Å². The van der Waals surface area contributed by atoms with Crippen molar-refractivity contribution in [2.24, 2.45) is 7.05 Å². The van der Waals surface area contributed by atoms with Crippen LogP contribution in [0.4, 0.5) is 8.78 Å². The van der Waals surface area contributed by atoms with Crippen molar-refractivity contribution >= 4 is 15.9 Å². The molecule has 0 radical (unpaired) electrons. The Morgan fingerprint density at radius 2 is 2.17 bits per heavy atom. The number of hydrogen-bond acceptors (Lipinski definition) is 3. The summed E-state index contributed by atoms with van der Waals surface area (Å²) in [6.45, 7) is 0. The standard InChI is InChI=1S/C11H10BrF2N3O/c1-17-5-6(15-16-17)4-9(18)7-2-3-8(13)11(14)10(7)12/h2-3,5,9,18H,4H2,1H3. The first-order chi connectivity index (χ1) is 8.49. The Morgan fingerprint density at radius 1 is 1.44 bits per heavy atom. The summed E-state index contributed by atoms with van der Waals surface area (Å²) >= 11 is 2.93. The number of nitrogens with zero attached hydrogens (tertiary/aromatic N) is 3. The summed E-state index contributed by atoms with van der Waals surface area (Å²) in [5, 5.41) is 17.5. The second kappa shape index (κ2) is 5.11. The van der Waals surface area contributed by atoms with Crippen LogP contribution in [-0.2, 0) is 13.5 Å². The highest BCUT2D eigenvalue weighted by Crippen LogP contribution is 2.29. The molecule has 1 unspecified atom stereocenters. The van der Waals surface area contributed by atoms with E-state index in [0.717, 1.165) is 6.07 Å². The summed E-state index contributed by atoms with van der Waals surface area (Å²) in [6, 6.07) is 2.32. The lowest BCUT2D eigenvalue weighted by Crippen LogP contribution is -2.05. The van der Waals surface area contributed by atoms with Gasteiger partial charge in [-0.1, -0.05) is 11.3 Å². The number of aliphatic hydroxyl groups is 1. The summed E-state index contributed by atoms with van der Waals surface area (Å²) in [6.07, 6.45) is 0.848. The van der Waals surface area contributed by atoms with Crippen molar-refractivity contribution in [1.29, 1.82) is 0 Å². The molecule has 1 heterocycles. The van der Waals surface area contributed by atoms with Gasteiger partial charge in [0.25, 0.3) is 0 Å². The van der Waals surface area contributed by atoms with Crippen molar-refractivity contribution in [3.8, 4) is 0 Å². The van der Waals surface area contributed by atoms with Gasteiger partial charge in [-0.2, -0.15) is 0 Å². The predicted molar refractivity (Wildman–Crippen MR) is 63.7 cm³/mol. The fraction of sp³-hybridized carbons (Fsp3) is 0.273. The van der Waals surface area contributed by atoms with Gasteiger partial charge in [-0.3, -0.25) is 4.68 Å². The van der Waals surface area contributed by atoms with Gasteiger partial charge < -0.3 is 5.11 Å². The summed E-state index contributed by atoms with van der Waals surface area (Å²) in [4.78, 5) is 0. The molecule has 96 valence electrons. The van der Waals surface area contributed by atoms with Gasteiger partial charge in [-0.05, 0) is 27.6 Å². The maximum absolute atomic E-state index is 13.3. The van der Waals surface area contributed by atoms with Gasteiger partial charge >= 0.3 is 0 Å². The van der Waals surface area contributed by atoms with Crippen molar-refractivity contribution < 1.29 is 13.9 Å². The number of aromatic nitrogens is 3. The lowest BCUT2D eigenvalue weighted by Gasteiger charge is -2.12. The van der Waals surface area contributed by atoms with Crippen molar-refractivity contribution in [2.45, 2.75) is 12.5 Å². The molecule has 0 saturated heterocycles. The van der Waals surface area contributed by atoms with Crippen LogP contribution in [0.25, 0.3) is 0 Å². The van der Waals surface area contributed by atoms with Crippen molar-refractivity contribution in [1.82, 2.24) is 15.0 Å². The second-order valence-electron chi connectivity index (χ2n) is 3.87. The molecule has 1 atom stereocenters. The quantitative estimate of drug-likeness (QED) is 0.882. The maximum atomic E-state index is 13.3. The van der Waals surface area contributed by atoms with E-state index in [2.05, 4.69) is 26.2 Å². The molecule has 0 saturated carbocycles. The van der Waals surface area contributed by atoms with Crippen LogP contribution in [0, 0.1) is 11.6 Å². The summed E-state index contributed by atoms with van der Waals surface area (Å²) in [5.74, 6) is -1.97. The number of hydrogen-bond donors (Lipinski definition) is 1. The minimum Gasteiger partial charge on any atom is -0.388 e. The molecule has 0 spiro atoms. The van der Waals surface area contributed by atoms with E-state index < -0.39 is 17.7 Å². The lowest BCUT2D eigenvalue weighted by molar-refractivity contribution is 0.175. The van der Waals surface area contributed by atoms with E-state index in [1.54, 1.807) is 13.2 Å². The molecule has 2 rings (SSSR count). The molecule has 18 heavy (non-hydrogen) atoms. The zero-order valence-corrected chi connectivity index (χ0v) is 11.0. The average Bonchev–Trinajstić information content (AvgIpc) is 2.71. The Labute approximate surface area is 110 Å². The number of rotatable bonds is 3. The number of aliphatic hydroxyl groups excluding tert-OH is 1. The highest BCUT2D eigenvalue weighted by molar-refractivity contribution is 9.10. The van der Waals surface area contributed by atoms with Gasteiger partial charge in [0.05, 0.1) is 16.3 Å². The smallest absolute Gasteiger partial charge is 0.173 e. The third-order valence-corrected chi connectivity index (χ3v) is 3.28.